The number of rotatable bonds is 5. The number of carbonyl (C=O) groups is 2. The second-order valence-electron chi connectivity index (χ2n) is 6.78. The Labute approximate surface area is 158 Å². The molecule has 0 bridgehead atoms. The molecule has 3 N–H and O–H groups in total. The fraction of sp³-hybridized carbons (Fsp3) is 0.333. The highest BCUT2D eigenvalue weighted by molar-refractivity contribution is 5.87. The fourth-order valence-electron chi connectivity index (χ4n) is 3.18. The standard InChI is InChI=1S/C21H24N2O4/c1-14-4-8-16(9-5-14)19-18(3-2-12-27-19)23-21(26)22-13-15-6-10-17(11-7-15)20(24)25/h4-11,18-19H,2-3,12-13H2,1H3,(H,24,25)(H2,22,23,26). The zero-order valence-corrected chi connectivity index (χ0v) is 15.3. The van der Waals surface area contributed by atoms with Crippen LogP contribution < -0.4 is 10.6 Å². The minimum atomic E-state index is -0.966. The molecule has 1 saturated heterocycles. The van der Waals surface area contributed by atoms with Gasteiger partial charge in [0.1, 0.15) is 6.10 Å². The Morgan fingerprint density at radius 1 is 1.11 bits per heavy atom. The van der Waals surface area contributed by atoms with Crippen LogP contribution in [0.5, 0.6) is 0 Å². The maximum absolute atomic E-state index is 12.3. The lowest BCUT2D eigenvalue weighted by Gasteiger charge is -2.32. The van der Waals surface area contributed by atoms with Crippen molar-refractivity contribution in [2.75, 3.05) is 6.61 Å². The third-order valence-corrected chi connectivity index (χ3v) is 4.70. The molecule has 6 heteroatoms. The Hall–Kier alpha value is -2.86. The lowest BCUT2D eigenvalue weighted by atomic mass is 9.95. The molecule has 1 heterocycles. The third kappa shape index (κ3) is 5.08. The summed E-state index contributed by atoms with van der Waals surface area (Å²) in [7, 11) is 0. The van der Waals surface area contributed by atoms with Crippen molar-refractivity contribution in [3.8, 4) is 0 Å². The van der Waals surface area contributed by atoms with E-state index < -0.39 is 5.97 Å². The third-order valence-electron chi connectivity index (χ3n) is 4.70. The van der Waals surface area contributed by atoms with Gasteiger partial charge in [0.2, 0.25) is 0 Å². The molecule has 2 atom stereocenters. The molecule has 0 aromatic heterocycles. The van der Waals surface area contributed by atoms with E-state index in [4.69, 9.17) is 9.84 Å². The van der Waals surface area contributed by atoms with Gasteiger partial charge in [0.05, 0.1) is 11.6 Å². The van der Waals surface area contributed by atoms with Crippen molar-refractivity contribution in [3.05, 3.63) is 70.8 Å². The Kier molecular flexibility index (Phi) is 6.08. The number of hydrogen-bond donors (Lipinski definition) is 3. The number of benzene rings is 2. The number of ether oxygens (including phenoxy) is 1. The van der Waals surface area contributed by atoms with Gasteiger partial charge in [0.15, 0.2) is 0 Å². The van der Waals surface area contributed by atoms with Crippen molar-refractivity contribution < 1.29 is 19.4 Å². The van der Waals surface area contributed by atoms with Crippen molar-refractivity contribution in [1.82, 2.24) is 10.6 Å². The van der Waals surface area contributed by atoms with E-state index in [0.717, 1.165) is 24.0 Å². The first-order valence-corrected chi connectivity index (χ1v) is 9.08. The van der Waals surface area contributed by atoms with Gasteiger partial charge >= 0.3 is 12.0 Å². The smallest absolute Gasteiger partial charge is 0.335 e. The summed E-state index contributed by atoms with van der Waals surface area (Å²) in [4.78, 5) is 23.2. The van der Waals surface area contributed by atoms with Crippen LogP contribution in [0, 0.1) is 6.92 Å². The molecular formula is C21H24N2O4. The van der Waals surface area contributed by atoms with Crippen molar-refractivity contribution in [2.45, 2.75) is 38.5 Å². The number of aryl methyl sites for hydroxylation is 1. The fourth-order valence-corrected chi connectivity index (χ4v) is 3.18. The second kappa shape index (κ2) is 8.68. The van der Waals surface area contributed by atoms with Gasteiger partial charge in [-0.2, -0.15) is 0 Å². The summed E-state index contributed by atoms with van der Waals surface area (Å²) in [5, 5.41) is 14.8. The molecule has 142 valence electrons. The largest absolute Gasteiger partial charge is 0.478 e. The Morgan fingerprint density at radius 2 is 1.81 bits per heavy atom. The summed E-state index contributed by atoms with van der Waals surface area (Å²) < 4.78 is 5.92. The van der Waals surface area contributed by atoms with E-state index >= 15 is 0 Å². The average Bonchev–Trinajstić information content (AvgIpc) is 2.68. The molecule has 27 heavy (non-hydrogen) atoms. The highest BCUT2D eigenvalue weighted by atomic mass is 16.5. The number of aromatic carboxylic acids is 1. The first kappa shape index (κ1) is 18.9. The van der Waals surface area contributed by atoms with Crippen LogP contribution in [0.4, 0.5) is 4.79 Å². The van der Waals surface area contributed by atoms with Crippen LogP contribution >= 0.6 is 0 Å². The molecule has 6 nitrogen and oxygen atoms in total. The molecular weight excluding hydrogens is 344 g/mol. The number of hydrogen-bond acceptors (Lipinski definition) is 3. The highest BCUT2D eigenvalue weighted by Gasteiger charge is 2.28. The van der Waals surface area contributed by atoms with E-state index in [2.05, 4.69) is 10.6 Å². The Morgan fingerprint density at radius 3 is 2.48 bits per heavy atom. The van der Waals surface area contributed by atoms with Crippen LogP contribution in [0.3, 0.4) is 0 Å². The van der Waals surface area contributed by atoms with E-state index in [-0.39, 0.29) is 23.7 Å². The maximum Gasteiger partial charge on any atom is 0.335 e. The average molecular weight is 368 g/mol. The number of carboxylic acid groups (broad SMARTS) is 1. The van der Waals surface area contributed by atoms with Crippen LogP contribution in [0.15, 0.2) is 48.5 Å². The van der Waals surface area contributed by atoms with Crippen LogP contribution in [-0.2, 0) is 11.3 Å². The van der Waals surface area contributed by atoms with E-state index in [1.54, 1.807) is 12.1 Å². The zero-order valence-electron chi connectivity index (χ0n) is 15.3. The predicted molar refractivity (Wildman–Crippen MR) is 102 cm³/mol. The van der Waals surface area contributed by atoms with Gasteiger partial charge in [-0.1, -0.05) is 42.0 Å². The molecule has 1 fully saturated rings. The van der Waals surface area contributed by atoms with Gasteiger partial charge in [-0.15, -0.1) is 0 Å². The summed E-state index contributed by atoms with van der Waals surface area (Å²) in [5.41, 5.74) is 3.31. The van der Waals surface area contributed by atoms with Gasteiger partial charge in [0, 0.05) is 13.2 Å². The molecule has 0 saturated carbocycles. The zero-order chi connectivity index (χ0) is 19.2. The molecule has 2 aromatic carbocycles. The van der Waals surface area contributed by atoms with Gasteiger partial charge in [-0.05, 0) is 43.0 Å². The summed E-state index contributed by atoms with van der Waals surface area (Å²) in [6.45, 7) is 3.06. The van der Waals surface area contributed by atoms with Crippen LogP contribution in [-0.4, -0.2) is 29.8 Å². The Bertz CT molecular complexity index is 787. The topological polar surface area (TPSA) is 87.7 Å². The molecule has 0 radical (unpaired) electrons. The molecule has 0 spiro atoms. The molecule has 2 unspecified atom stereocenters. The SMILES string of the molecule is Cc1ccc(C2OCCCC2NC(=O)NCc2ccc(C(=O)O)cc2)cc1. The first-order valence-electron chi connectivity index (χ1n) is 9.08. The highest BCUT2D eigenvalue weighted by Crippen LogP contribution is 2.28. The lowest BCUT2D eigenvalue weighted by molar-refractivity contribution is -0.00743. The summed E-state index contributed by atoms with van der Waals surface area (Å²) in [5.74, 6) is -0.966. The van der Waals surface area contributed by atoms with E-state index in [0.29, 0.717) is 13.2 Å². The minimum Gasteiger partial charge on any atom is -0.478 e. The van der Waals surface area contributed by atoms with Gasteiger partial charge < -0.3 is 20.5 Å². The molecule has 0 aliphatic carbocycles. The predicted octanol–water partition coefficient (Wildman–Crippen LogP) is 3.41. The summed E-state index contributed by atoms with van der Waals surface area (Å²) in [6.07, 6.45) is 1.61. The second-order valence-corrected chi connectivity index (χ2v) is 6.78. The van der Waals surface area contributed by atoms with Crippen molar-refractivity contribution in [3.63, 3.8) is 0 Å². The van der Waals surface area contributed by atoms with Crippen molar-refractivity contribution in [2.24, 2.45) is 0 Å². The summed E-state index contributed by atoms with van der Waals surface area (Å²) in [6, 6.07) is 14.3. The maximum atomic E-state index is 12.3. The van der Waals surface area contributed by atoms with E-state index in [9.17, 15) is 9.59 Å². The van der Waals surface area contributed by atoms with Crippen molar-refractivity contribution >= 4 is 12.0 Å². The van der Waals surface area contributed by atoms with Crippen molar-refractivity contribution in [1.29, 1.82) is 0 Å². The number of urea groups is 1. The molecule has 2 amide bonds. The van der Waals surface area contributed by atoms with Gasteiger partial charge in [-0.25, -0.2) is 9.59 Å². The molecule has 1 aliphatic heterocycles. The van der Waals surface area contributed by atoms with Gasteiger partial charge in [0.25, 0.3) is 0 Å². The van der Waals surface area contributed by atoms with Gasteiger partial charge in [-0.3, -0.25) is 0 Å². The molecule has 1 aliphatic rings. The quantitative estimate of drug-likeness (QED) is 0.755. The number of amides is 2. The van der Waals surface area contributed by atoms with Crippen LogP contribution in [0.2, 0.25) is 0 Å². The van der Waals surface area contributed by atoms with Crippen LogP contribution in [0.25, 0.3) is 0 Å². The number of nitrogens with one attached hydrogen (secondary N) is 2. The normalized spacial score (nSPS) is 19.3. The first-order chi connectivity index (χ1) is 13.0. The van der Waals surface area contributed by atoms with E-state index in [1.807, 2.05) is 31.2 Å². The summed E-state index contributed by atoms with van der Waals surface area (Å²) >= 11 is 0. The number of carbonyl (C=O) groups excluding carboxylic acids is 1. The molecule has 2 aromatic rings. The van der Waals surface area contributed by atoms with Crippen LogP contribution in [0.1, 0.15) is 46.0 Å². The monoisotopic (exact) mass is 368 g/mol. The Balaban J connectivity index is 1.56. The molecule has 3 rings (SSSR count). The number of carboxylic acids is 1. The lowest BCUT2D eigenvalue weighted by Crippen LogP contribution is -2.46. The minimum absolute atomic E-state index is 0.0872. The van der Waals surface area contributed by atoms with E-state index in [1.165, 1.54) is 17.7 Å².